The number of hydrogen-bond donors (Lipinski definition) is 6. The Morgan fingerprint density at radius 3 is 2.22 bits per heavy atom. The first-order chi connectivity index (χ1) is 25.4. The number of benzene rings is 2. The second-order valence-corrected chi connectivity index (χ2v) is 16.9. The van der Waals surface area contributed by atoms with Gasteiger partial charge in [0.2, 0.25) is 17.7 Å². The van der Waals surface area contributed by atoms with Gasteiger partial charge in [-0.3, -0.25) is 28.6 Å². The van der Waals surface area contributed by atoms with E-state index in [1.807, 2.05) is 69.3 Å². The van der Waals surface area contributed by atoms with Crippen LogP contribution in [0.1, 0.15) is 75.3 Å². The van der Waals surface area contributed by atoms with Crippen molar-refractivity contribution in [2.45, 2.75) is 95.5 Å². The van der Waals surface area contributed by atoms with Crippen LogP contribution in [-0.2, 0) is 30.9 Å². The number of rotatable bonds is 12. The molecule has 2 aliphatic rings. The van der Waals surface area contributed by atoms with Crippen LogP contribution in [0.2, 0.25) is 0 Å². The Balaban J connectivity index is 0.00000122. The fourth-order valence-electron chi connectivity index (χ4n) is 7.26. The minimum atomic E-state index is -3.67. The maximum Gasteiger partial charge on any atom is 0.270 e. The fraction of sp³-hybridized carbons (Fsp3) is 0.513. The third-order valence-corrected chi connectivity index (χ3v) is 9.67. The Morgan fingerprint density at radius 2 is 1.57 bits per heavy atom. The Morgan fingerprint density at radius 1 is 0.944 bits per heavy atom. The molecule has 54 heavy (non-hydrogen) atoms. The van der Waals surface area contributed by atoms with E-state index in [2.05, 4.69) is 25.8 Å². The van der Waals surface area contributed by atoms with Gasteiger partial charge in [0.25, 0.3) is 16.0 Å². The lowest BCUT2D eigenvalue weighted by molar-refractivity contribution is -0.133. The maximum absolute atomic E-state index is 13.8. The van der Waals surface area contributed by atoms with Crippen molar-refractivity contribution in [3.05, 3.63) is 78.0 Å². The summed E-state index contributed by atoms with van der Waals surface area (Å²) in [4.78, 5) is 59.3. The number of piperidine rings is 1. The summed E-state index contributed by atoms with van der Waals surface area (Å²) in [6.45, 7) is 6.73. The molecule has 0 radical (unpaired) electrons. The number of primary amides is 1. The number of fused-ring (bicyclic) bond motifs is 2. The van der Waals surface area contributed by atoms with Crippen LogP contribution in [0.4, 0.5) is 0 Å². The molecule has 2 aromatic carbocycles. The first-order valence-electron chi connectivity index (χ1n) is 18.3. The SMILES string of the molecule is CC(C)(C)NC(=O)[C@@H]1C[C@H]2CCCC[C@@H]2CN1C[C@H](O)[C@H](Cc1ccccc1)NC(=O)[C@@H](CC(N)=O)NC(=O)c1ccc2ccccc2n1.CS(=O)(=O)O. The molecule has 2 fully saturated rings. The highest BCUT2D eigenvalue weighted by molar-refractivity contribution is 7.85. The van der Waals surface area contributed by atoms with Gasteiger partial charge in [-0.25, -0.2) is 4.98 Å². The number of aromatic nitrogens is 1. The van der Waals surface area contributed by atoms with E-state index in [9.17, 15) is 32.7 Å². The Kier molecular flexibility index (Phi) is 14.7. The van der Waals surface area contributed by atoms with Gasteiger partial charge >= 0.3 is 0 Å². The van der Waals surface area contributed by atoms with E-state index < -0.39 is 64.0 Å². The molecular formula is C39H54N6O8S. The summed E-state index contributed by atoms with van der Waals surface area (Å²) < 4.78 is 25.9. The number of β-amino-alcohol motifs (C(OH)–C–C–N with tert-alkyl or cyclic N) is 1. The van der Waals surface area contributed by atoms with E-state index in [1.54, 1.807) is 18.2 Å². The first-order valence-corrected chi connectivity index (χ1v) is 20.2. The van der Waals surface area contributed by atoms with Crippen molar-refractivity contribution < 1.29 is 37.3 Å². The van der Waals surface area contributed by atoms with Crippen LogP contribution in [0.3, 0.4) is 0 Å². The minimum absolute atomic E-state index is 0.0566. The number of amides is 4. The van der Waals surface area contributed by atoms with Gasteiger partial charge < -0.3 is 26.8 Å². The number of nitrogens with two attached hydrogens (primary N) is 1. The van der Waals surface area contributed by atoms with Crippen LogP contribution < -0.4 is 21.7 Å². The monoisotopic (exact) mass is 766 g/mol. The second kappa shape index (κ2) is 18.7. The van der Waals surface area contributed by atoms with E-state index >= 15 is 0 Å². The molecule has 14 nitrogen and oxygen atoms in total. The first kappa shape index (κ1) is 42.3. The van der Waals surface area contributed by atoms with Crippen molar-refractivity contribution in [3.63, 3.8) is 0 Å². The van der Waals surface area contributed by atoms with E-state index in [0.29, 0.717) is 30.2 Å². The molecule has 1 aliphatic heterocycles. The lowest BCUT2D eigenvalue weighted by atomic mass is 9.72. The Bertz CT molecular complexity index is 1860. The van der Waals surface area contributed by atoms with Crippen molar-refractivity contribution in [2.24, 2.45) is 17.6 Å². The summed E-state index contributed by atoms with van der Waals surface area (Å²) in [7, 11) is -3.67. The highest BCUT2D eigenvalue weighted by Crippen LogP contribution is 2.39. The molecule has 1 aliphatic carbocycles. The van der Waals surface area contributed by atoms with Crippen LogP contribution in [0.15, 0.2) is 66.7 Å². The molecule has 7 N–H and O–H groups in total. The average Bonchev–Trinajstić information content (AvgIpc) is 3.09. The normalized spacial score (nSPS) is 20.6. The number of hydrogen-bond acceptors (Lipinski definition) is 9. The quantitative estimate of drug-likeness (QED) is 0.148. The number of aliphatic hydroxyl groups is 1. The standard InChI is InChI=1S/C38H50N6O5.CH4O3S/c1-38(2,3)43-37(49)32-20-26-14-7-8-15-27(26)22-44(32)23-33(45)30(19-24-11-5-4-6-12-24)41-36(48)31(21-34(39)46)42-35(47)29-18-17-25-13-9-10-16-28(25)40-29;1-5(2,3)4/h4-6,9-13,16-18,26-27,30-33,45H,7-8,14-15,19-23H2,1-3H3,(H2,39,46)(H,41,48)(H,42,47)(H,43,49);1H3,(H,2,3,4)/t26-,27-,30+,31-,32+,33+;/m1./s1. The maximum atomic E-state index is 13.8. The van der Waals surface area contributed by atoms with Gasteiger partial charge in [0, 0.05) is 24.0 Å². The molecule has 6 atom stereocenters. The van der Waals surface area contributed by atoms with Crippen LogP contribution in [0.25, 0.3) is 10.9 Å². The largest absolute Gasteiger partial charge is 0.390 e. The molecule has 0 spiro atoms. The lowest BCUT2D eigenvalue weighted by Gasteiger charge is -2.47. The molecule has 1 aromatic heterocycles. The number of para-hydroxylation sites is 1. The van der Waals surface area contributed by atoms with Crippen molar-refractivity contribution in [1.29, 1.82) is 0 Å². The average molecular weight is 767 g/mol. The number of carbonyl (C=O) groups excluding carboxylic acids is 4. The van der Waals surface area contributed by atoms with E-state index in [4.69, 9.17) is 10.3 Å². The molecule has 1 saturated carbocycles. The Hall–Kier alpha value is -4.44. The van der Waals surface area contributed by atoms with Crippen molar-refractivity contribution in [3.8, 4) is 0 Å². The van der Waals surface area contributed by atoms with E-state index in [0.717, 1.165) is 36.6 Å². The fourth-order valence-corrected chi connectivity index (χ4v) is 7.26. The van der Waals surface area contributed by atoms with Crippen LogP contribution in [-0.4, -0.2) is 101 Å². The number of nitrogens with zero attached hydrogens (tertiary/aromatic N) is 2. The smallest absolute Gasteiger partial charge is 0.270 e. The number of nitrogens with one attached hydrogen (secondary N) is 3. The van der Waals surface area contributed by atoms with Crippen molar-refractivity contribution in [2.75, 3.05) is 19.3 Å². The Labute approximate surface area is 317 Å². The predicted octanol–water partition coefficient (Wildman–Crippen LogP) is 2.60. The summed E-state index contributed by atoms with van der Waals surface area (Å²) in [5, 5.41) is 21.4. The lowest BCUT2D eigenvalue weighted by Crippen LogP contribution is -2.61. The highest BCUT2D eigenvalue weighted by atomic mass is 32.2. The molecule has 3 aromatic rings. The molecule has 2 heterocycles. The molecule has 4 amide bonds. The number of pyridine rings is 1. The van der Waals surface area contributed by atoms with Gasteiger partial charge in [-0.15, -0.1) is 0 Å². The molecule has 0 unspecified atom stereocenters. The summed E-state index contributed by atoms with van der Waals surface area (Å²) >= 11 is 0. The summed E-state index contributed by atoms with van der Waals surface area (Å²) in [5.41, 5.74) is 6.70. The third-order valence-electron chi connectivity index (χ3n) is 9.67. The van der Waals surface area contributed by atoms with Gasteiger partial charge in [0.05, 0.1) is 36.4 Å². The van der Waals surface area contributed by atoms with Crippen LogP contribution in [0.5, 0.6) is 0 Å². The molecule has 0 bridgehead atoms. The van der Waals surface area contributed by atoms with Gasteiger partial charge in [-0.2, -0.15) is 8.42 Å². The molecule has 1 saturated heterocycles. The zero-order valence-corrected chi connectivity index (χ0v) is 32.2. The van der Waals surface area contributed by atoms with Crippen LogP contribution in [0, 0.1) is 11.8 Å². The summed E-state index contributed by atoms with van der Waals surface area (Å²) in [6.07, 6.45) is 4.75. The van der Waals surface area contributed by atoms with E-state index in [-0.39, 0.29) is 24.6 Å². The molecule has 15 heteroatoms. The predicted molar refractivity (Wildman–Crippen MR) is 206 cm³/mol. The van der Waals surface area contributed by atoms with Crippen molar-refractivity contribution >= 4 is 44.6 Å². The number of aliphatic hydroxyl groups excluding tert-OH is 1. The van der Waals surface area contributed by atoms with E-state index in [1.165, 1.54) is 6.42 Å². The third kappa shape index (κ3) is 13.4. The zero-order chi connectivity index (χ0) is 39.6. The van der Waals surface area contributed by atoms with Crippen LogP contribution >= 0.6 is 0 Å². The molecule has 294 valence electrons. The molecular weight excluding hydrogens is 713 g/mol. The number of likely N-dealkylation sites (tertiary alicyclic amines) is 1. The summed E-state index contributed by atoms with van der Waals surface area (Å²) in [6, 6.07) is 17.6. The van der Waals surface area contributed by atoms with Crippen molar-refractivity contribution in [1.82, 2.24) is 25.8 Å². The summed E-state index contributed by atoms with van der Waals surface area (Å²) in [5.74, 6) is -1.20. The van der Waals surface area contributed by atoms with Gasteiger partial charge in [0.15, 0.2) is 0 Å². The van der Waals surface area contributed by atoms with Gasteiger partial charge in [-0.05, 0) is 69.6 Å². The second-order valence-electron chi connectivity index (χ2n) is 15.4. The van der Waals surface area contributed by atoms with Gasteiger partial charge in [-0.1, -0.05) is 73.9 Å². The molecule has 5 rings (SSSR count). The highest BCUT2D eigenvalue weighted by Gasteiger charge is 2.42. The topological polar surface area (TPSA) is 221 Å². The zero-order valence-electron chi connectivity index (χ0n) is 31.4. The number of carbonyl (C=O) groups is 4. The minimum Gasteiger partial charge on any atom is -0.390 e. The van der Waals surface area contributed by atoms with Gasteiger partial charge in [0.1, 0.15) is 11.7 Å².